The first-order valence-electron chi connectivity index (χ1n) is 13.0. The molecule has 2 amide bonds. The fourth-order valence-electron chi connectivity index (χ4n) is 5.72. The lowest BCUT2D eigenvalue weighted by Crippen LogP contribution is -2.51. The molecule has 0 radical (unpaired) electrons. The maximum Gasteiger partial charge on any atom is 0.254 e. The van der Waals surface area contributed by atoms with E-state index in [0.717, 1.165) is 30.5 Å². The number of rotatable bonds is 4. The molecule has 3 heterocycles. The molecule has 2 aliphatic rings. The van der Waals surface area contributed by atoms with Gasteiger partial charge in [-0.25, -0.2) is 0 Å². The van der Waals surface area contributed by atoms with Crippen LogP contribution in [0.1, 0.15) is 56.9 Å². The summed E-state index contributed by atoms with van der Waals surface area (Å²) in [6.45, 7) is 9.58. The first-order chi connectivity index (χ1) is 17.5. The second-order valence-corrected chi connectivity index (χ2v) is 11.0. The van der Waals surface area contributed by atoms with Gasteiger partial charge in [0.2, 0.25) is 5.91 Å². The molecular formula is C30H35N3O2S. The van der Waals surface area contributed by atoms with Gasteiger partial charge in [0.15, 0.2) is 0 Å². The molecule has 5 rings (SSSR count). The van der Waals surface area contributed by atoms with E-state index >= 15 is 0 Å². The number of amides is 2. The van der Waals surface area contributed by atoms with Gasteiger partial charge in [0.05, 0.1) is 12.1 Å². The lowest BCUT2D eigenvalue weighted by atomic mass is 9.89. The van der Waals surface area contributed by atoms with E-state index in [4.69, 9.17) is 0 Å². The van der Waals surface area contributed by atoms with Gasteiger partial charge in [0.1, 0.15) is 0 Å². The van der Waals surface area contributed by atoms with Crippen LogP contribution in [0.5, 0.6) is 0 Å². The zero-order valence-electron chi connectivity index (χ0n) is 21.4. The third-order valence-corrected chi connectivity index (χ3v) is 8.81. The van der Waals surface area contributed by atoms with Gasteiger partial charge in [-0.2, -0.15) is 0 Å². The number of thiophene rings is 1. The Kier molecular flexibility index (Phi) is 7.26. The van der Waals surface area contributed by atoms with E-state index in [1.807, 2.05) is 52.3 Å². The molecule has 0 spiro atoms. The monoisotopic (exact) mass is 501 g/mol. The molecule has 5 nitrogen and oxygen atoms in total. The number of hydrogen-bond donors (Lipinski definition) is 0. The standard InChI is InChI=1S/C30H35N3O2S/c1-21-9-4-6-11-24(21)28-26-14-20-36-27(26)13-17-33(28)23(3)29(34)31-15-8-16-32(19-18-31)30(35)25-12-7-5-10-22(25)2/h4-7,9-12,14,20,23,28H,8,13,15-19H2,1-3H3/t23-,28+/m0/s1. The number of nitrogens with zero attached hydrogens (tertiary/aromatic N) is 3. The molecule has 0 saturated carbocycles. The first kappa shape index (κ1) is 24.7. The van der Waals surface area contributed by atoms with E-state index in [9.17, 15) is 9.59 Å². The summed E-state index contributed by atoms with van der Waals surface area (Å²) in [5.41, 5.74) is 5.62. The summed E-state index contributed by atoms with van der Waals surface area (Å²) in [6.07, 6.45) is 1.78. The Morgan fingerprint density at radius 3 is 2.31 bits per heavy atom. The highest BCUT2D eigenvalue weighted by molar-refractivity contribution is 7.10. The van der Waals surface area contributed by atoms with Crippen LogP contribution in [-0.4, -0.2) is 65.3 Å². The van der Waals surface area contributed by atoms with Crippen molar-refractivity contribution in [1.82, 2.24) is 14.7 Å². The van der Waals surface area contributed by atoms with E-state index in [1.165, 1.54) is 21.6 Å². The van der Waals surface area contributed by atoms with Crippen LogP contribution in [0.4, 0.5) is 0 Å². The molecule has 2 aliphatic heterocycles. The highest BCUT2D eigenvalue weighted by Gasteiger charge is 2.37. The topological polar surface area (TPSA) is 43.9 Å². The molecule has 36 heavy (non-hydrogen) atoms. The van der Waals surface area contributed by atoms with Crippen molar-refractivity contribution in [2.24, 2.45) is 0 Å². The summed E-state index contributed by atoms with van der Waals surface area (Å²) in [5.74, 6) is 0.230. The van der Waals surface area contributed by atoms with Crippen molar-refractivity contribution < 1.29 is 9.59 Å². The molecule has 0 bridgehead atoms. The van der Waals surface area contributed by atoms with Crippen LogP contribution < -0.4 is 0 Å². The Labute approximate surface area is 218 Å². The van der Waals surface area contributed by atoms with Gasteiger partial charge in [0.25, 0.3) is 5.91 Å². The SMILES string of the molecule is Cc1ccccc1C(=O)N1CCCN(C(=O)[C@H](C)N2CCc3sccc3[C@H]2c2ccccc2C)CC1. The summed E-state index contributed by atoms with van der Waals surface area (Å²) in [6, 6.07) is 18.4. The fraction of sp³-hybridized carbons (Fsp3) is 0.400. The predicted octanol–water partition coefficient (Wildman–Crippen LogP) is 5.08. The quantitative estimate of drug-likeness (QED) is 0.501. The Morgan fingerprint density at radius 2 is 1.53 bits per heavy atom. The van der Waals surface area contributed by atoms with Crippen LogP contribution in [-0.2, 0) is 11.2 Å². The van der Waals surface area contributed by atoms with Gasteiger partial charge in [-0.05, 0) is 73.4 Å². The van der Waals surface area contributed by atoms with Crippen molar-refractivity contribution in [3.8, 4) is 0 Å². The second kappa shape index (κ2) is 10.6. The third-order valence-electron chi connectivity index (χ3n) is 7.81. The summed E-state index contributed by atoms with van der Waals surface area (Å²) in [4.78, 5) is 34.7. The van der Waals surface area contributed by atoms with E-state index < -0.39 is 0 Å². The molecule has 1 saturated heterocycles. The smallest absolute Gasteiger partial charge is 0.254 e. The number of benzene rings is 2. The first-order valence-corrected chi connectivity index (χ1v) is 13.8. The lowest BCUT2D eigenvalue weighted by molar-refractivity contribution is -0.137. The molecule has 1 aromatic heterocycles. The van der Waals surface area contributed by atoms with Crippen molar-refractivity contribution in [3.05, 3.63) is 92.7 Å². The molecule has 188 valence electrons. The van der Waals surface area contributed by atoms with Gasteiger partial charge in [-0.15, -0.1) is 11.3 Å². The second-order valence-electron chi connectivity index (χ2n) is 10.0. The van der Waals surface area contributed by atoms with Gasteiger partial charge in [0, 0.05) is 43.2 Å². The maximum atomic E-state index is 13.8. The maximum absolute atomic E-state index is 13.8. The van der Waals surface area contributed by atoms with E-state index in [2.05, 4.69) is 54.5 Å². The largest absolute Gasteiger partial charge is 0.340 e. The normalized spacial score (nSPS) is 19.5. The minimum absolute atomic E-state index is 0.0658. The number of carbonyl (C=O) groups excluding carboxylic acids is 2. The number of aryl methyl sites for hydroxylation is 2. The minimum atomic E-state index is -0.235. The Hall–Kier alpha value is -2.96. The Balaban J connectivity index is 1.33. The number of carbonyl (C=O) groups is 2. The molecule has 2 atom stereocenters. The molecule has 1 fully saturated rings. The molecule has 6 heteroatoms. The highest BCUT2D eigenvalue weighted by atomic mass is 32.1. The summed E-state index contributed by atoms with van der Waals surface area (Å²) in [5, 5.41) is 2.18. The molecule has 0 N–H and O–H groups in total. The van der Waals surface area contributed by atoms with Crippen molar-refractivity contribution >= 4 is 23.2 Å². The van der Waals surface area contributed by atoms with Gasteiger partial charge < -0.3 is 9.80 Å². The zero-order chi connectivity index (χ0) is 25.2. The van der Waals surface area contributed by atoms with Crippen LogP contribution in [0.3, 0.4) is 0 Å². The van der Waals surface area contributed by atoms with Crippen molar-refractivity contribution in [1.29, 1.82) is 0 Å². The molecule has 3 aromatic rings. The van der Waals surface area contributed by atoms with Crippen LogP contribution in [0.2, 0.25) is 0 Å². The molecule has 0 unspecified atom stereocenters. The Morgan fingerprint density at radius 1 is 0.833 bits per heavy atom. The molecule has 2 aromatic carbocycles. The van der Waals surface area contributed by atoms with Crippen LogP contribution in [0.15, 0.2) is 60.0 Å². The van der Waals surface area contributed by atoms with E-state index in [0.29, 0.717) is 26.2 Å². The van der Waals surface area contributed by atoms with Crippen molar-refractivity contribution in [2.75, 3.05) is 32.7 Å². The highest BCUT2D eigenvalue weighted by Crippen LogP contribution is 2.40. The minimum Gasteiger partial charge on any atom is -0.340 e. The van der Waals surface area contributed by atoms with Crippen molar-refractivity contribution in [2.45, 2.75) is 45.7 Å². The van der Waals surface area contributed by atoms with Crippen LogP contribution in [0.25, 0.3) is 0 Å². The summed E-state index contributed by atoms with van der Waals surface area (Å²) in [7, 11) is 0. The molecule has 0 aliphatic carbocycles. The third kappa shape index (κ3) is 4.72. The molecular weight excluding hydrogens is 466 g/mol. The van der Waals surface area contributed by atoms with Crippen LogP contribution >= 0.6 is 11.3 Å². The van der Waals surface area contributed by atoms with Gasteiger partial charge in [-0.1, -0.05) is 42.5 Å². The van der Waals surface area contributed by atoms with E-state index in [1.54, 1.807) is 0 Å². The number of hydrogen-bond acceptors (Lipinski definition) is 4. The van der Waals surface area contributed by atoms with Gasteiger partial charge >= 0.3 is 0 Å². The van der Waals surface area contributed by atoms with Crippen LogP contribution in [0, 0.1) is 13.8 Å². The van der Waals surface area contributed by atoms with E-state index in [-0.39, 0.29) is 23.9 Å². The van der Waals surface area contributed by atoms with Gasteiger partial charge in [-0.3, -0.25) is 14.5 Å². The Bertz CT molecular complexity index is 1250. The summed E-state index contributed by atoms with van der Waals surface area (Å²) >= 11 is 1.83. The fourth-order valence-corrected chi connectivity index (χ4v) is 6.63. The number of fused-ring (bicyclic) bond motifs is 1. The van der Waals surface area contributed by atoms with Crippen molar-refractivity contribution in [3.63, 3.8) is 0 Å². The average Bonchev–Trinajstić information content (AvgIpc) is 3.24. The average molecular weight is 502 g/mol. The zero-order valence-corrected chi connectivity index (χ0v) is 22.3. The predicted molar refractivity (Wildman–Crippen MR) is 145 cm³/mol. The summed E-state index contributed by atoms with van der Waals surface area (Å²) < 4.78 is 0. The lowest BCUT2D eigenvalue weighted by Gasteiger charge is -2.41.